The Hall–Kier alpha value is -0.960. The van der Waals surface area contributed by atoms with E-state index in [1.807, 2.05) is 0 Å². The van der Waals surface area contributed by atoms with E-state index in [-0.39, 0.29) is 16.0 Å². The van der Waals surface area contributed by atoms with Gasteiger partial charge in [0.2, 0.25) is 0 Å². The summed E-state index contributed by atoms with van der Waals surface area (Å²) in [4.78, 5) is 1.64. The van der Waals surface area contributed by atoms with Gasteiger partial charge in [0.1, 0.15) is 12.6 Å². The van der Waals surface area contributed by atoms with E-state index in [1.165, 1.54) is 12.1 Å². The topological polar surface area (TPSA) is 65.0 Å². The van der Waals surface area contributed by atoms with Gasteiger partial charge in [0, 0.05) is 26.2 Å². The van der Waals surface area contributed by atoms with Gasteiger partial charge in [-0.05, 0) is 40.5 Å². The van der Waals surface area contributed by atoms with Crippen molar-refractivity contribution in [1.82, 2.24) is 10.2 Å². The fourth-order valence-corrected chi connectivity index (χ4v) is 3.23. The average Bonchev–Trinajstić information content (AvgIpc) is 2.53. The van der Waals surface area contributed by atoms with Crippen molar-refractivity contribution in [3.8, 4) is 11.5 Å². The predicted molar refractivity (Wildman–Crippen MR) is 86.2 cm³/mol. The lowest BCUT2D eigenvalue weighted by molar-refractivity contribution is -0.118. The molecule has 0 unspecified atom stereocenters. The summed E-state index contributed by atoms with van der Waals surface area (Å²) >= 11 is 3.18. The Kier molecular flexibility index (Phi) is 6.19. The molecule has 5 nitrogen and oxygen atoms in total. The number of hydrogen-bond donors (Lipinski definition) is 3. The average molecular weight is 395 g/mol. The summed E-state index contributed by atoms with van der Waals surface area (Å²) in [6.07, 6.45) is 0. The molecule has 0 amide bonds. The second-order valence-corrected chi connectivity index (χ2v) is 6.24. The van der Waals surface area contributed by atoms with Crippen molar-refractivity contribution in [1.29, 1.82) is 0 Å². The number of nitrogens with zero attached hydrogens (tertiary/aromatic N) is 1. The molecule has 0 aliphatic carbocycles. The van der Waals surface area contributed by atoms with Crippen LogP contribution in [0.3, 0.4) is 0 Å². The number of ether oxygens (including phenoxy) is 1. The molecule has 0 saturated carbocycles. The molecule has 1 atom stereocenters. The van der Waals surface area contributed by atoms with Crippen LogP contribution in [0.15, 0.2) is 16.6 Å². The second kappa shape index (κ2) is 7.74. The summed E-state index contributed by atoms with van der Waals surface area (Å²) in [6.45, 7) is 2.91. The predicted octanol–water partition coefficient (Wildman–Crippen LogP) is 2.13. The minimum absolute atomic E-state index is 0.123. The van der Waals surface area contributed by atoms with Crippen LogP contribution < -0.4 is 10.1 Å². The number of aliphatic hydroxyl groups is 1. The van der Waals surface area contributed by atoms with E-state index in [0.717, 1.165) is 0 Å². The SMILES string of the molecule is CCOc1cc([C@H](N2CCNCC2)C(F)(F)CO)cc(Br)c1O. The highest BCUT2D eigenvalue weighted by atomic mass is 79.9. The van der Waals surface area contributed by atoms with Crippen molar-refractivity contribution < 1.29 is 23.7 Å². The van der Waals surface area contributed by atoms with E-state index in [1.54, 1.807) is 11.8 Å². The summed E-state index contributed by atoms with van der Waals surface area (Å²) in [5.74, 6) is -3.29. The zero-order chi connectivity index (χ0) is 17.0. The third-order valence-corrected chi connectivity index (χ3v) is 4.40. The van der Waals surface area contributed by atoms with Crippen LogP contribution in [0.5, 0.6) is 11.5 Å². The Morgan fingerprint density at radius 3 is 2.61 bits per heavy atom. The Balaban J connectivity index is 2.46. The van der Waals surface area contributed by atoms with Crippen molar-refractivity contribution in [3.63, 3.8) is 0 Å². The van der Waals surface area contributed by atoms with Crippen LogP contribution in [-0.2, 0) is 0 Å². The van der Waals surface area contributed by atoms with Gasteiger partial charge in [0.15, 0.2) is 11.5 Å². The fraction of sp³-hybridized carbons (Fsp3) is 0.600. The molecule has 0 spiro atoms. The number of hydrogen-bond acceptors (Lipinski definition) is 5. The molecular formula is C15H21BrF2N2O3. The van der Waals surface area contributed by atoms with Gasteiger partial charge in [-0.25, -0.2) is 8.78 Å². The first kappa shape index (κ1) is 18.4. The van der Waals surface area contributed by atoms with Crippen molar-refractivity contribution >= 4 is 15.9 Å². The molecule has 23 heavy (non-hydrogen) atoms. The summed E-state index contributed by atoms with van der Waals surface area (Å²) in [7, 11) is 0. The molecule has 0 radical (unpaired) electrons. The van der Waals surface area contributed by atoms with E-state index in [4.69, 9.17) is 9.84 Å². The lowest BCUT2D eigenvalue weighted by atomic mass is 9.97. The second-order valence-electron chi connectivity index (χ2n) is 5.39. The van der Waals surface area contributed by atoms with E-state index in [9.17, 15) is 13.9 Å². The Labute approximate surface area is 142 Å². The van der Waals surface area contributed by atoms with Gasteiger partial charge in [-0.3, -0.25) is 4.90 Å². The largest absolute Gasteiger partial charge is 0.503 e. The lowest BCUT2D eigenvalue weighted by Gasteiger charge is -2.39. The molecule has 1 aliphatic heterocycles. The maximum absolute atomic E-state index is 14.4. The van der Waals surface area contributed by atoms with Crippen molar-refractivity contribution in [2.24, 2.45) is 0 Å². The van der Waals surface area contributed by atoms with Crippen LogP contribution in [0, 0.1) is 0 Å². The zero-order valence-corrected chi connectivity index (χ0v) is 14.4. The first-order valence-electron chi connectivity index (χ1n) is 7.49. The monoisotopic (exact) mass is 394 g/mol. The van der Waals surface area contributed by atoms with Crippen LogP contribution in [0.2, 0.25) is 0 Å². The molecule has 1 aromatic carbocycles. The molecular weight excluding hydrogens is 374 g/mol. The van der Waals surface area contributed by atoms with E-state index in [2.05, 4.69) is 21.2 Å². The maximum Gasteiger partial charge on any atom is 0.289 e. The number of alkyl halides is 2. The van der Waals surface area contributed by atoms with Gasteiger partial charge in [0.25, 0.3) is 5.92 Å². The summed E-state index contributed by atoms with van der Waals surface area (Å²) in [5, 5.41) is 22.3. The van der Waals surface area contributed by atoms with Crippen LogP contribution >= 0.6 is 15.9 Å². The van der Waals surface area contributed by atoms with Gasteiger partial charge in [0.05, 0.1) is 11.1 Å². The highest BCUT2D eigenvalue weighted by molar-refractivity contribution is 9.10. The Bertz CT molecular complexity index is 540. The number of halogens is 3. The summed E-state index contributed by atoms with van der Waals surface area (Å²) < 4.78 is 34.4. The van der Waals surface area contributed by atoms with Crippen molar-refractivity contribution in [3.05, 3.63) is 22.2 Å². The quantitative estimate of drug-likeness (QED) is 0.689. The number of nitrogens with one attached hydrogen (secondary N) is 1. The van der Waals surface area contributed by atoms with Crippen LogP contribution in [0.25, 0.3) is 0 Å². The van der Waals surface area contributed by atoms with Gasteiger partial charge in [-0.15, -0.1) is 0 Å². The highest BCUT2D eigenvalue weighted by Crippen LogP contribution is 2.43. The minimum Gasteiger partial charge on any atom is -0.503 e. The first-order valence-corrected chi connectivity index (χ1v) is 8.28. The van der Waals surface area contributed by atoms with E-state index < -0.39 is 18.6 Å². The zero-order valence-electron chi connectivity index (χ0n) is 12.9. The van der Waals surface area contributed by atoms with Crippen LogP contribution in [-0.4, -0.2) is 60.4 Å². The molecule has 1 aliphatic rings. The third-order valence-electron chi connectivity index (χ3n) is 3.79. The van der Waals surface area contributed by atoms with Crippen LogP contribution in [0.1, 0.15) is 18.5 Å². The van der Waals surface area contributed by atoms with Crippen LogP contribution in [0.4, 0.5) is 8.78 Å². The van der Waals surface area contributed by atoms with E-state index in [0.29, 0.717) is 38.3 Å². The molecule has 1 aromatic rings. The van der Waals surface area contributed by atoms with E-state index >= 15 is 0 Å². The summed E-state index contributed by atoms with van der Waals surface area (Å²) in [5.41, 5.74) is 0.291. The van der Waals surface area contributed by atoms with Gasteiger partial charge in [-0.1, -0.05) is 0 Å². The number of phenolic OH excluding ortho intramolecular Hbond substituents is 1. The number of aliphatic hydroxyl groups excluding tert-OH is 1. The van der Waals surface area contributed by atoms with Gasteiger partial charge >= 0.3 is 0 Å². The fourth-order valence-electron chi connectivity index (χ4n) is 2.77. The van der Waals surface area contributed by atoms with Gasteiger partial charge in [-0.2, -0.15) is 0 Å². The molecule has 0 aromatic heterocycles. The standard InChI is InChI=1S/C15H21BrF2N2O3/c1-2-23-12-8-10(7-11(16)13(12)22)14(15(17,18)9-21)20-5-3-19-4-6-20/h7-8,14,19,21-22H,2-6,9H2,1H3/t14-/m0/s1. The molecule has 1 fully saturated rings. The van der Waals surface area contributed by atoms with Crippen molar-refractivity contribution in [2.45, 2.75) is 18.9 Å². The Morgan fingerprint density at radius 2 is 2.04 bits per heavy atom. The summed E-state index contributed by atoms with van der Waals surface area (Å²) in [6, 6.07) is 1.58. The molecule has 130 valence electrons. The molecule has 0 bridgehead atoms. The molecule has 2 rings (SSSR count). The highest BCUT2D eigenvalue weighted by Gasteiger charge is 2.44. The normalized spacial score (nSPS) is 18.0. The maximum atomic E-state index is 14.4. The number of piperazine rings is 1. The Morgan fingerprint density at radius 1 is 1.39 bits per heavy atom. The molecule has 1 heterocycles. The number of benzene rings is 1. The third kappa shape index (κ3) is 4.12. The molecule has 8 heteroatoms. The van der Waals surface area contributed by atoms with Gasteiger partial charge < -0.3 is 20.3 Å². The number of rotatable bonds is 6. The molecule has 1 saturated heterocycles. The molecule has 3 N–H and O–H groups in total. The number of phenols is 1. The number of aromatic hydroxyl groups is 1. The lowest BCUT2D eigenvalue weighted by Crippen LogP contribution is -2.51. The minimum atomic E-state index is -3.31. The first-order chi connectivity index (χ1) is 10.9. The van der Waals surface area contributed by atoms with Crippen molar-refractivity contribution in [2.75, 3.05) is 39.4 Å². The smallest absolute Gasteiger partial charge is 0.289 e.